The number of amides is 2. The molecule has 7 heteroatoms. The molecule has 7 nitrogen and oxygen atoms in total. The Kier molecular flexibility index (Phi) is 6.53. The van der Waals surface area contributed by atoms with Crippen molar-refractivity contribution in [1.82, 2.24) is 14.5 Å². The summed E-state index contributed by atoms with van der Waals surface area (Å²) in [6.07, 6.45) is 10.1. The molecule has 0 spiro atoms. The van der Waals surface area contributed by atoms with Gasteiger partial charge in [0.2, 0.25) is 5.91 Å². The van der Waals surface area contributed by atoms with Gasteiger partial charge < -0.3 is 14.8 Å². The molecule has 37 heavy (non-hydrogen) atoms. The average Bonchev–Trinajstić information content (AvgIpc) is 3.53. The largest absolute Gasteiger partial charge is 0.337 e. The Hall–Kier alpha value is -3.66. The molecule has 2 aliphatic rings. The quantitative estimate of drug-likeness (QED) is 0.502. The van der Waals surface area contributed by atoms with Crippen LogP contribution in [-0.2, 0) is 11.8 Å². The van der Waals surface area contributed by atoms with E-state index in [9.17, 15) is 14.9 Å². The standard InChI is InChI=1S/C30H35N5O2/c1-19-25(33-28(36)22-11-7-8-20(14-22)16-31)17-32-27-26(19)24(18-34(27)4)23-12-13-35(30(2,3)15-23)29(37)21-9-5-6-10-21/h7-8,11,14,17-18,21,23H,5-6,9-10,12-13,15H2,1-4H3,(H,33,36)/t23-/m1/s1. The molecule has 1 aliphatic heterocycles. The highest BCUT2D eigenvalue weighted by molar-refractivity contribution is 6.06. The Morgan fingerprint density at radius 2 is 1.95 bits per heavy atom. The Bertz CT molecular complexity index is 1410. The molecule has 3 heterocycles. The normalized spacial score (nSPS) is 19.6. The second-order valence-electron chi connectivity index (χ2n) is 11.3. The van der Waals surface area contributed by atoms with E-state index in [4.69, 9.17) is 4.98 Å². The van der Waals surface area contributed by atoms with E-state index in [-0.39, 0.29) is 17.4 Å². The van der Waals surface area contributed by atoms with E-state index in [2.05, 4.69) is 40.9 Å². The third kappa shape index (κ3) is 4.61. The van der Waals surface area contributed by atoms with Crippen molar-refractivity contribution in [2.45, 2.75) is 70.8 Å². The number of nitrogens with one attached hydrogen (secondary N) is 1. The van der Waals surface area contributed by atoms with Crippen molar-refractivity contribution in [3.63, 3.8) is 0 Å². The lowest BCUT2D eigenvalue weighted by Gasteiger charge is -2.46. The van der Waals surface area contributed by atoms with E-state index in [0.29, 0.717) is 28.6 Å². The summed E-state index contributed by atoms with van der Waals surface area (Å²) in [5.74, 6) is 0.561. The maximum atomic E-state index is 13.3. The minimum atomic E-state index is -0.265. The molecule has 1 aromatic carbocycles. The number of aromatic nitrogens is 2. The van der Waals surface area contributed by atoms with Gasteiger partial charge in [-0.1, -0.05) is 18.9 Å². The lowest BCUT2D eigenvalue weighted by Crippen LogP contribution is -2.53. The summed E-state index contributed by atoms with van der Waals surface area (Å²) < 4.78 is 2.06. The number of nitrogens with zero attached hydrogens (tertiary/aromatic N) is 4. The molecular formula is C30H35N5O2. The van der Waals surface area contributed by atoms with E-state index in [1.165, 1.54) is 5.56 Å². The molecule has 3 aromatic rings. The zero-order chi connectivity index (χ0) is 26.3. The number of hydrogen-bond acceptors (Lipinski definition) is 4. The van der Waals surface area contributed by atoms with Gasteiger partial charge in [0.15, 0.2) is 0 Å². The fraction of sp³-hybridized carbons (Fsp3) is 0.467. The fourth-order valence-electron chi connectivity index (χ4n) is 6.37. The highest BCUT2D eigenvalue weighted by Gasteiger charge is 2.41. The number of anilines is 1. The maximum absolute atomic E-state index is 13.3. The first kappa shape index (κ1) is 25.0. The van der Waals surface area contributed by atoms with Crippen LogP contribution in [0.5, 0.6) is 0 Å². The fourth-order valence-corrected chi connectivity index (χ4v) is 6.37. The number of fused-ring (bicyclic) bond motifs is 1. The molecule has 1 N–H and O–H groups in total. The van der Waals surface area contributed by atoms with Crippen molar-refractivity contribution >= 4 is 28.5 Å². The molecule has 1 atom stereocenters. The highest BCUT2D eigenvalue weighted by Crippen LogP contribution is 2.43. The number of piperidine rings is 1. The predicted molar refractivity (Wildman–Crippen MR) is 144 cm³/mol. The van der Waals surface area contributed by atoms with Crippen molar-refractivity contribution in [2.75, 3.05) is 11.9 Å². The minimum absolute atomic E-state index is 0.194. The number of carbonyl (C=O) groups is 2. The molecular weight excluding hydrogens is 462 g/mol. The summed E-state index contributed by atoms with van der Waals surface area (Å²) in [4.78, 5) is 33.1. The van der Waals surface area contributed by atoms with Gasteiger partial charge in [-0.2, -0.15) is 5.26 Å². The van der Waals surface area contributed by atoms with Crippen LogP contribution in [0.4, 0.5) is 5.69 Å². The molecule has 2 amide bonds. The van der Waals surface area contributed by atoms with Crippen molar-refractivity contribution in [1.29, 1.82) is 5.26 Å². The van der Waals surface area contributed by atoms with Crippen LogP contribution in [0, 0.1) is 24.2 Å². The molecule has 1 saturated heterocycles. The van der Waals surface area contributed by atoms with Crippen molar-refractivity contribution in [3.8, 4) is 6.07 Å². The SMILES string of the molecule is Cc1c(NC(=O)c2cccc(C#N)c2)cnc2c1c([C@@H]1CCN(C(=O)C3CCCC3)C(C)(C)C1)cn2C. The molecule has 0 bridgehead atoms. The van der Waals surface area contributed by atoms with Crippen LogP contribution in [0.3, 0.4) is 0 Å². The summed E-state index contributed by atoms with van der Waals surface area (Å²) in [5, 5.41) is 13.3. The molecule has 0 unspecified atom stereocenters. The number of benzene rings is 1. The maximum Gasteiger partial charge on any atom is 0.255 e. The zero-order valence-corrected chi connectivity index (χ0v) is 22.2. The summed E-state index contributed by atoms with van der Waals surface area (Å²) in [6, 6.07) is 8.77. The molecule has 192 valence electrons. The van der Waals surface area contributed by atoms with E-state index in [1.807, 2.05) is 14.0 Å². The van der Waals surface area contributed by atoms with Crippen LogP contribution < -0.4 is 5.32 Å². The van der Waals surface area contributed by atoms with Gasteiger partial charge in [0.05, 0.1) is 23.5 Å². The molecule has 2 aromatic heterocycles. The highest BCUT2D eigenvalue weighted by atomic mass is 16.2. The van der Waals surface area contributed by atoms with Crippen LogP contribution in [0.2, 0.25) is 0 Å². The third-order valence-corrected chi connectivity index (χ3v) is 8.36. The van der Waals surface area contributed by atoms with Gasteiger partial charge in [-0.3, -0.25) is 9.59 Å². The Morgan fingerprint density at radius 1 is 1.19 bits per heavy atom. The number of nitriles is 1. The van der Waals surface area contributed by atoms with Crippen LogP contribution in [-0.4, -0.2) is 38.3 Å². The van der Waals surface area contributed by atoms with E-state index in [1.54, 1.807) is 30.5 Å². The van der Waals surface area contributed by atoms with Crippen LogP contribution in [0.25, 0.3) is 11.0 Å². The minimum Gasteiger partial charge on any atom is -0.337 e. The smallest absolute Gasteiger partial charge is 0.255 e. The van der Waals surface area contributed by atoms with Gasteiger partial charge >= 0.3 is 0 Å². The van der Waals surface area contributed by atoms with Gasteiger partial charge in [-0.25, -0.2) is 4.98 Å². The molecule has 1 aliphatic carbocycles. The number of pyridine rings is 1. The number of likely N-dealkylation sites (tertiary alicyclic amines) is 1. The van der Waals surface area contributed by atoms with Crippen LogP contribution in [0.1, 0.15) is 85.3 Å². The third-order valence-electron chi connectivity index (χ3n) is 8.36. The summed E-state index contributed by atoms with van der Waals surface area (Å²) in [7, 11) is 2.01. The van der Waals surface area contributed by atoms with E-state index < -0.39 is 0 Å². The number of rotatable bonds is 4. The van der Waals surface area contributed by atoms with E-state index >= 15 is 0 Å². The molecule has 5 rings (SSSR count). The van der Waals surface area contributed by atoms with Gasteiger partial charge in [0.1, 0.15) is 5.65 Å². The summed E-state index contributed by atoms with van der Waals surface area (Å²) in [5.41, 5.74) is 4.43. The molecule has 1 saturated carbocycles. The predicted octanol–water partition coefficient (Wildman–Crippen LogP) is 5.68. The van der Waals surface area contributed by atoms with Crippen LogP contribution in [0.15, 0.2) is 36.7 Å². The number of aryl methyl sites for hydroxylation is 2. The summed E-state index contributed by atoms with van der Waals surface area (Å²) in [6.45, 7) is 7.19. The monoisotopic (exact) mass is 497 g/mol. The Labute approximate surface area is 218 Å². The first-order valence-electron chi connectivity index (χ1n) is 13.3. The summed E-state index contributed by atoms with van der Waals surface area (Å²) >= 11 is 0. The zero-order valence-electron chi connectivity index (χ0n) is 22.2. The lowest BCUT2D eigenvalue weighted by atomic mass is 9.78. The van der Waals surface area contributed by atoms with Crippen LogP contribution >= 0.6 is 0 Å². The average molecular weight is 498 g/mol. The number of carbonyl (C=O) groups excluding carboxylic acids is 2. The second-order valence-corrected chi connectivity index (χ2v) is 11.3. The first-order valence-corrected chi connectivity index (χ1v) is 13.3. The van der Waals surface area contributed by atoms with Gasteiger partial charge in [-0.05, 0) is 81.7 Å². The topological polar surface area (TPSA) is 91.0 Å². The van der Waals surface area contributed by atoms with Crippen molar-refractivity contribution in [3.05, 3.63) is 58.9 Å². The van der Waals surface area contributed by atoms with Crippen molar-refractivity contribution < 1.29 is 9.59 Å². The molecule has 2 fully saturated rings. The van der Waals surface area contributed by atoms with Gasteiger partial charge in [0.25, 0.3) is 5.91 Å². The Balaban J connectivity index is 1.43. The first-order chi connectivity index (χ1) is 17.7. The van der Waals surface area contributed by atoms with Crippen molar-refractivity contribution in [2.24, 2.45) is 13.0 Å². The lowest BCUT2D eigenvalue weighted by molar-refractivity contribution is -0.143. The van der Waals surface area contributed by atoms with E-state index in [0.717, 1.165) is 61.7 Å². The molecule has 0 radical (unpaired) electrons. The Morgan fingerprint density at radius 3 is 2.65 bits per heavy atom. The van der Waals surface area contributed by atoms with Gasteiger partial charge in [0, 0.05) is 42.2 Å². The van der Waals surface area contributed by atoms with Gasteiger partial charge in [-0.15, -0.1) is 0 Å². The second kappa shape index (κ2) is 9.66. The number of hydrogen-bond donors (Lipinski definition) is 1.